The minimum Gasteiger partial charge on any atom is -0.495 e. The van der Waals surface area contributed by atoms with E-state index in [4.69, 9.17) is 14.2 Å². The summed E-state index contributed by atoms with van der Waals surface area (Å²) in [5.41, 5.74) is 1.40. The Bertz CT molecular complexity index is 2020. The van der Waals surface area contributed by atoms with E-state index in [1.807, 2.05) is 24.0 Å². The molecule has 0 unspecified atom stereocenters. The van der Waals surface area contributed by atoms with Gasteiger partial charge >= 0.3 is 5.97 Å². The number of ether oxygens (including phenoxy) is 3. The Hall–Kier alpha value is -5.72. The number of likely N-dealkylation sites (tertiary alicyclic amines) is 1. The van der Waals surface area contributed by atoms with Gasteiger partial charge in [0.15, 0.2) is 0 Å². The second kappa shape index (κ2) is 15.7. The lowest BCUT2D eigenvalue weighted by Crippen LogP contribution is -2.46. The summed E-state index contributed by atoms with van der Waals surface area (Å²) >= 11 is 0. The van der Waals surface area contributed by atoms with E-state index in [1.165, 1.54) is 24.3 Å². The van der Waals surface area contributed by atoms with Crippen LogP contribution in [0.1, 0.15) is 45.4 Å². The van der Waals surface area contributed by atoms with E-state index in [0.29, 0.717) is 87.1 Å². The number of aromatic nitrogens is 1. The van der Waals surface area contributed by atoms with Crippen molar-refractivity contribution >= 4 is 51.7 Å². The Kier molecular flexibility index (Phi) is 10.7. The summed E-state index contributed by atoms with van der Waals surface area (Å²) < 4.78 is 30.6. The first kappa shape index (κ1) is 36.6. The zero-order valence-corrected chi connectivity index (χ0v) is 30.4. The molecule has 54 heavy (non-hydrogen) atoms. The van der Waals surface area contributed by atoms with Crippen molar-refractivity contribution in [3.63, 3.8) is 0 Å². The third-order valence-electron chi connectivity index (χ3n) is 10.7. The molecule has 4 aromatic rings. The van der Waals surface area contributed by atoms with Gasteiger partial charge in [-0.2, -0.15) is 0 Å². The molecule has 1 aliphatic carbocycles. The number of pyridine rings is 1. The van der Waals surface area contributed by atoms with Crippen molar-refractivity contribution in [3.05, 3.63) is 78.7 Å². The van der Waals surface area contributed by atoms with Gasteiger partial charge in [0.25, 0.3) is 0 Å². The molecule has 0 radical (unpaired) electrons. The number of anilines is 3. The molecule has 1 saturated carbocycles. The molecule has 0 atom stereocenters. The number of nitrogens with zero attached hydrogens (tertiary/aromatic N) is 3. The molecule has 7 rings (SSSR count). The van der Waals surface area contributed by atoms with Crippen LogP contribution >= 0.6 is 0 Å². The standard InChI is InChI=1S/C41H44FN5O7/c1-3-53-38(49)27-15-22-47(23-16-27)37(48)26-13-20-46(21-14-26)34-25-33-32(24-36(34)52-2)35(12-19-43-33)54-31-10-8-30(9-11-31)45-40(51)41(17-18-41)39(50)44-29-6-4-28(42)5-7-29/h4-12,19,24-27H,3,13-18,20-23H2,1-2H3,(H,44,50)(H,45,51). The first-order chi connectivity index (χ1) is 26.2. The number of rotatable bonds is 11. The van der Waals surface area contributed by atoms with Gasteiger partial charge in [-0.1, -0.05) is 0 Å². The van der Waals surface area contributed by atoms with Gasteiger partial charge in [-0.15, -0.1) is 0 Å². The number of esters is 1. The number of methoxy groups -OCH3 is 1. The topological polar surface area (TPSA) is 139 Å². The summed E-state index contributed by atoms with van der Waals surface area (Å²) in [5, 5.41) is 6.32. The van der Waals surface area contributed by atoms with E-state index in [0.717, 1.165) is 29.4 Å². The second-order valence-electron chi connectivity index (χ2n) is 14.1. The molecule has 3 aliphatic rings. The summed E-state index contributed by atoms with van der Waals surface area (Å²) in [4.78, 5) is 60.4. The number of benzene rings is 3. The van der Waals surface area contributed by atoms with Crippen molar-refractivity contribution in [1.29, 1.82) is 0 Å². The zero-order chi connectivity index (χ0) is 37.8. The van der Waals surface area contributed by atoms with Gasteiger partial charge < -0.3 is 34.6 Å². The van der Waals surface area contributed by atoms with E-state index < -0.39 is 23.0 Å². The predicted molar refractivity (Wildman–Crippen MR) is 201 cm³/mol. The molecular weight excluding hydrogens is 693 g/mol. The Morgan fingerprint density at radius 1 is 0.815 bits per heavy atom. The van der Waals surface area contributed by atoms with Crippen molar-refractivity contribution in [2.45, 2.75) is 45.4 Å². The largest absolute Gasteiger partial charge is 0.495 e. The number of nitrogens with one attached hydrogen (secondary N) is 2. The summed E-state index contributed by atoms with van der Waals surface area (Å²) in [6.07, 6.45) is 5.25. The van der Waals surface area contributed by atoms with Gasteiger partial charge in [0, 0.05) is 55.1 Å². The Balaban J connectivity index is 0.960. The molecule has 12 nitrogen and oxygen atoms in total. The number of halogens is 1. The number of hydrogen-bond donors (Lipinski definition) is 2. The number of carbonyl (C=O) groups excluding carboxylic acids is 4. The number of carbonyl (C=O) groups is 4. The van der Waals surface area contributed by atoms with Gasteiger partial charge in [0.05, 0.1) is 30.8 Å². The third-order valence-corrected chi connectivity index (χ3v) is 10.7. The van der Waals surface area contributed by atoms with Crippen LogP contribution in [-0.2, 0) is 23.9 Å². The fourth-order valence-electron chi connectivity index (χ4n) is 7.31. The van der Waals surface area contributed by atoms with Gasteiger partial charge in [0.2, 0.25) is 17.7 Å². The molecule has 3 aromatic carbocycles. The normalized spacial score (nSPS) is 17.1. The predicted octanol–water partition coefficient (Wildman–Crippen LogP) is 6.55. The average Bonchev–Trinajstić information content (AvgIpc) is 4.02. The number of hydrogen-bond acceptors (Lipinski definition) is 9. The van der Waals surface area contributed by atoms with Gasteiger partial charge in [-0.05, 0) is 112 Å². The molecule has 3 heterocycles. The fraction of sp³-hybridized carbons (Fsp3) is 0.390. The molecule has 13 heteroatoms. The molecule has 0 bridgehead atoms. The van der Waals surface area contributed by atoms with Crippen LogP contribution in [0.4, 0.5) is 21.5 Å². The van der Waals surface area contributed by atoms with Gasteiger partial charge in [-0.25, -0.2) is 4.39 Å². The van der Waals surface area contributed by atoms with Crippen LogP contribution in [-0.4, -0.2) is 73.5 Å². The maximum Gasteiger partial charge on any atom is 0.309 e. The number of amides is 3. The Labute approximate surface area is 312 Å². The molecule has 2 aliphatic heterocycles. The SMILES string of the molecule is CCOC(=O)C1CCN(C(=O)C2CCN(c3cc4nccc(Oc5ccc(NC(=O)C6(C(=O)Nc7ccc(F)cc7)CC6)cc5)c4cc3OC)CC2)CC1. The summed E-state index contributed by atoms with van der Waals surface area (Å²) in [6, 6.07) is 18.0. The van der Waals surface area contributed by atoms with Crippen molar-refractivity contribution in [1.82, 2.24) is 9.88 Å². The van der Waals surface area contributed by atoms with Crippen molar-refractivity contribution in [2.75, 3.05) is 55.4 Å². The van der Waals surface area contributed by atoms with Crippen LogP contribution in [0.5, 0.6) is 17.2 Å². The molecule has 3 amide bonds. The third kappa shape index (κ3) is 7.80. The highest BCUT2D eigenvalue weighted by atomic mass is 19.1. The number of piperidine rings is 2. The van der Waals surface area contributed by atoms with Crippen molar-refractivity contribution < 1.29 is 37.8 Å². The average molecular weight is 738 g/mol. The van der Waals surface area contributed by atoms with Crippen LogP contribution in [0.25, 0.3) is 10.9 Å². The molecule has 282 valence electrons. The molecule has 3 fully saturated rings. The monoisotopic (exact) mass is 737 g/mol. The second-order valence-corrected chi connectivity index (χ2v) is 14.1. The van der Waals surface area contributed by atoms with Crippen molar-refractivity contribution in [3.8, 4) is 17.2 Å². The quantitative estimate of drug-likeness (QED) is 0.130. The number of fused-ring (bicyclic) bond motifs is 1. The van der Waals surface area contributed by atoms with E-state index >= 15 is 0 Å². The minimum absolute atomic E-state index is 0.0631. The lowest BCUT2D eigenvalue weighted by molar-refractivity contribution is -0.152. The molecule has 2 N–H and O–H groups in total. The minimum atomic E-state index is -1.17. The van der Waals surface area contributed by atoms with E-state index in [2.05, 4.69) is 20.5 Å². The summed E-state index contributed by atoms with van der Waals surface area (Å²) in [7, 11) is 1.63. The zero-order valence-electron chi connectivity index (χ0n) is 30.4. The summed E-state index contributed by atoms with van der Waals surface area (Å²) in [5.74, 6) is 0.360. The molecule has 2 saturated heterocycles. The van der Waals surface area contributed by atoms with Crippen LogP contribution in [0.15, 0.2) is 72.9 Å². The first-order valence-electron chi connectivity index (χ1n) is 18.5. The van der Waals surface area contributed by atoms with Crippen LogP contribution in [0.2, 0.25) is 0 Å². The van der Waals surface area contributed by atoms with Gasteiger partial charge in [-0.3, -0.25) is 24.2 Å². The van der Waals surface area contributed by atoms with Crippen LogP contribution in [0.3, 0.4) is 0 Å². The Morgan fingerprint density at radius 3 is 2.02 bits per heavy atom. The first-order valence-corrected chi connectivity index (χ1v) is 18.5. The van der Waals surface area contributed by atoms with Crippen LogP contribution in [0, 0.1) is 23.1 Å². The maximum atomic E-state index is 13.4. The maximum absolute atomic E-state index is 13.4. The highest BCUT2D eigenvalue weighted by Crippen LogP contribution is 2.48. The lowest BCUT2D eigenvalue weighted by Gasteiger charge is -2.38. The molecule has 0 spiro atoms. The van der Waals surface area contributed by atoms with E-state index in [9.17, 15) is 23.6 Å². The fourth-order valence-corrected chi connectivity index (χ4v) is 7.31. The smallest absolute Gasteiger partial charge is 0.309 e. The summed E-state index contributed by atoms with van der Waals surface area (Å²) in [6.45, 7) is 4.73. The molecule has 1 aromatic heterocycles. The lowest BCUT2D eigenvalue weighted by atomic mass is 9.92. The molecular formula is C41H44FN5O7. The van der Waals surface area contributed by atoms with Gasteiger partial charge in [0.1, 0.15) is 28.5 Å². The van der Waals surface area contributed by atoms with Crippen molar-refractivity contribution in [2.24, 2.45) is 17.3 Å². The highest BCUT2D eigenvalue weighted by Gasteiger charge is 2.56. The van der Waals surface area contributed by atoms with Crippen LogP contribution < -0.4 is 25.0 Å². The van der Waals surface area contributed by atoms with E-state index in [1.54, 1.807) is 43.6 Å². The highest BCUT2D eigenvalue weighted by molar-refractivity contribution is 6.16. The van der Waals surface area contributed by atoms with E-state index in [-0.39, 0.29) is 23.7 Å². The Morgan fingerprint density at radius 2 is 1.43 bits per heavy atom.